The molecule has 154 valence electrons. The number of hydrogen-bond donors (Lipinski definition) is 1. The summed E-state index contributed by atoms with van der Waals surface area (Å²) in [4.78, 5) is 23.8. The number of rotatable bonds is 6. The molecule has 0 aliphatic carbocycles. The van der Waals surface area contributed by atoms with Gasteiger partial charge in [-0.15, -0.1) is 0 Å². The second-order valence-electron chi connectivity index (χ2n) is 7.74. The van der Waals surface area contributed by atoms with Crippen LogP contribution in [0.4, 0.5) is 5.82 Å². The summed E-state index contributed by atoms with van der Waals surface area (Å²) in [5.41, 5.74) is 2.43. The van der Waals surface area contributed by atoms with Crippen LogP contribution in [0.5, 0.6) is 0 Å². The number of benzene rings is 1. The van der Waals surface area contributed by atoms with Crippen LogP contribution in [0.15, 0.2) is 77.5 Å². The average Bonchev–Trinajstić information content (AvgIpc) is 2.78. The van der Waals surface area contributed by atoms with Gasteiger partial charge >= 0.3 is 0 Å². The lowest BCUT2D eigenvalue weighted by Gasteiger charge is -2.32. The van der Waals surface area contributed by atoms with Gasteiger partial charge in [-0.1, -0.05) is 48.0 Å². The van der Waals surface area contributed by atoms with Gasteiger partial charge in [0.2, 0.25) is 0 Å². The summed E-state index contributed by atoms with van der Waals surface area (Å²) < 4.78 is 1.53. The van der Waals surface area contributed by atoms with Crippen LogP contribution in [0.2, 0.25) is 0 Å². The first-order valence-electron chi connectivity index (χ1n) is 10.4. The van der Waals surface area contributed by atoms with Crippen molar-refractivity contribution in [1.29, 1.82) is 0 Å². The van der Waals surface area contributed by atoms with Crippen molar-refractivity contribution in [2.45, 2.75) is 25.8 Å². The Bertz CT molecular complexity index is 1040. The molecule has 0 atom stereocenters. The van der Waals surface area contributed by atoms with Crippen molar-refractivity contribution in [3.05, 3.63) is 88.6 Å². The summed E-state index contributed by atoms with van der Waals surface area (Å²) in [6.45, 7) is 5.15. The number of nitrogens with zero attached hydrogens (tertiary/aromatic N) is 4. The monoisotopic (exact) mass is 401 g/mol. The van der Waals surface area contributed by atoms with Gasteiger partial charge in [-0.3, -0.25) is 14.3 Å². The van der Waals surface area contributed by atoms with Gasteiger partial charge in [0, 0.05) is 44.3 Å². The molecule has 0 amide bonds. The first-order chi connectivity index (χ1) is 14.7. The normalized spacial score (nSPS) is 15.8. The lowest BCUT2D eigenvalue weighted by atomic mass is 10.0. The summed E-state index contributed by atoms with van der Waals surface area (Å²) in [6, 6.07) is 16.2. The molecule has 3 aromatic rings. The zero-order valence-corrected chi connectivity index (χ0v) is 17.2. The van der Waals surface area contributed by atoms with Crippen LogP contribution in [-0.2, 0) is 0 Å². The number of nitrogens with one attached hydrogen (secondary N) is 1. The molecule has 1 saturated heterocycles. The second-order valence-corrected chi connectivity index (χ2v) is 7.74. The molecule has 1 fully saturated rings. The summed E-state index contributed by atoms with van der Waals surface area (Å²) in [6.07, 6.45) is 9.19. The summed E-state index contributed by atoms with van der Waals surface area (Å²) in [5.74, 6) is 0.991. The highest BCUT2D eigenvalue weighted by Crippen LogP contribution is 2.16. The molecule has 1 aromatic carbocycles. The minimum atomic E-state index is -0.166. The Morgan fingerprint density at radius 3 is 2.57 bits per heavy atom. The third-order valence-corrected chi connectivity index (χ3v) is 5.35. The average molecular weight is 402 g/mol. The largest absolute Gasteiger partial charge is 0.363 e. The SMILES string of the molecule is C/C(=C\c1ccccc1)CN1CCC(Nc2nccn(-c3ccccn3)c2=O)CC1. The molecule has 30 heavy (non-hydrogen) atoms. The van der Waals surface area contributed by atoms with Gasteiger partial charge in [0.25, 0.3) is 5.56 Å². The van der Waals surface area contributed by atoms with E-state index < -0.39 is 0 Å². The van der Waals surface area contributed by atoms with E-state index in [2.05, 4.69) is 57.4 Å². The number of hydrogen-bond acceptors (Lipinski definition) is 5. The van der Waals surface area contributed by atoms with Gasteiger partial charge in [0.1, 0.15) is 5.82 Å². The van der Waals surface area contributed by atoms with Gasteiger partial charge < -0.3 is 5.32 Å². The van der Waals surface area contributed by atoms with E-state index in [1.54, 1.807) is 18.6 Å². The Morgan fingerprint density at radius 1 is 1.07 bits per heavy atom. The Balaban J connectivity index is 1.34. The van der Waals surface area contributed by atoms with Gasteiger partial charge in [0.05, 0.1) is 0 Å². The van der Waals surface area contributed by atoms with Crippen molar-refractivity contribution in [3.8, 4) is 5.82 Å². The summed E-state index contributed by atoms with van der Waals surface area (Å²) >= 11 is 0. The zero-order valence-electron chi connectivity index (χ0n) is 17.2. The Kier molecular flexibility index (Phi) is 6.35. The Morgan fingerprint density at radius 2 is 1.83 bits per heavy atom. The van der Waals surface area contributed by atoms with Crippen LogP contribution in [0.25, 0.3) is 11.9 Å². The molecule has 1 aliphatic rings. The fourth-order valence-corrected chi connectivity index (χ4v) is 3.85. The van der Waals surface area contributed by atoms with Crippen molar-refractivity contribution >= 4 is 11.9 Å². The maximum Gasteiger partial charge on any atom is 0.299 e. The molecule has 1 N–H and O–H groups in total. The smallest absolute Gasteiger partial charge is 0.299 e. The fourth-order valence-electron chi connectivity index (χ4n) is 3.85. The number of likely N-dealkylation sites (tertiary alicyclic amines) is 1. The standard InChI is InChI=1S/C24H27N5O/c1-19(17-20-7-3-2-4-8-20)18-28-14-10-21(11-15-28)27-23-24(30)29(16-13-26-23)22-9-5-6-12-25-22/h2-9,12-13,16-17,21H,10-11,14-15,18H2,1H3,(H,26,27)/b19-17+. The quantitative estimate of drug-likeness (QED) is 0.684. The molecule has 0 spiro atoms. The van der Waals surface area contributed by atoms with Crippen LogP contribution in [-0.4, -0.2) is 45.1 Å². The van der Waals surface area contributed by atoms with Gasteiger partial charge in [-0.25, -0.2) is 9.97 Å². The van der Waals surface area contributed by atoms with Crippen molar-refractivity contribution in [1.82, 2.24) is 19.4 Å². The first-order valence-corrected chi connectivity index (χ1v) is 10.4. The molecule has 6 nitrogen and oxygen atoms in total. The van der Waals surface area contributed by atoms with Crippen molar-refractivity contribution < 1.29 is 0 Å². The maximum absolute atomic E-state index is 12.8. The number of anilines is 1. The summed E-state index contributed by atoms with van der Waals surface area (Å²) in [5, 5.41) is 3.36. The predicted octanol–water partition coefficient (Wildman–Crippen LogP) is 3.61. The molecular weight excluding hydrogens is 374 g/mol. The molecule has 0 radical (unpaired) electrons. The highest BCUT2D eigenvalue weighted by atomic mass is 16.1. The van der Waals surface area contributed by atoms with E-state index in [0.29, 0.717) is 11.6 Å². The van der Waals surface area contributed by atoms with E-state index in [9.17, 15) is 4.79 Å². The van der Waals surface area contributed by atoms with Crippen LogP contribution in [0, 0.1) is 0 Å². The molecule has 3 heterocycles. The van der Waals surface area contributed by atoms with Crippen LogP contribution in [0.1, 0.15) is 25.3 Å². The molecule has 4 rings (SSSR count). The zero-order chi connectivity index (χ0) is 20.8. The molecule has 0 bridgehead atoms. The van der Waals surface area contributed by atoms with Crippen LogP contribution >= 0.6 is 0 Å². The predicted molar refractivity (Wildman–Crippen MR) is 121 cm³/mol. The molecule has 2 aromatic heterocycles. The van der Waals surface area contributed by atoms with Gasteiger partial charge in [-0.05, 0) is 37.5 Å². The van der Waals surface area contributed by atoms with Gasteiger partial charge in [-0.2, -0.15) is 0 Å². The molecular formula is C24H27N5O. The first kappa shape index (κ1) is 20.0. The number of piperidine rings is 1. The lowest BCUT2D eigenvalue weighted by molar-refractivity contribution is 0.236. The highest BCUT2D eigenvalue weighted by molar-refractivity contribution is 5.52. The maximum atomic E-state index is 12.8. The third-order valence-electron chi connectivity index (χ3n) is 5.35. The fraction of sp³-hybridized carbons (Fsp3) is 0.292. The van der Waals surface area contributed by atoms with E-state index in [4.69, 9.17) is 0 Å². The Hall–Kier alpha value is -3.25. The van der Waals surface area contributed by atoms with E-state index >= 15 is 0 Å². The van der Waals surface area contributed by atoms with E-state index in [1.807, 2.05) is 24.3 Å². The third kappa shape index (κ3) is 5.02. The van der Waals surface area contributed by atoms with E-state index in [-0.39, 0.29) is 11.6 Å². The minimum Gasteiger partial charge on any atom is -0.363 e. The van der Waals surface area contributed by atoms with E-state index in [0.717, 1.165) is 32.5 Å². The number of pyridine rings is 1. The van der Waals surface area contributed by atoms with Crippen molar-refractivity contribution in [3.63, 3.8) is 0 Å². The molecule has 1 aliphatic heterocycles. The van der Waals surface area contributed by atoms with Crippen LogP contribution < -0.4 is 10.9 Å². The van der Waals surface area contributed by atoms with E-state index in [1.165, 1.54) is 15.7 Å². The Labute approximate surface area is 176 Å². The second kappa shape index (κ2) is 9.50. The molecule has 0 saturated carbocycles. The molecule has 6 heteroatoms. The number of aromatic nitrogens is 3. The molecule has 0 unspecified atom stereocenters. The highest BCUT2D eigenvalue weighted by Gasteiger charge is 2.20. The topological polar surface area (TPSA) is 63.1 Å². The lowest BCUT2D eigenvalue weighted by Crippen LogP contribution is -2.41. The van der Waals surface area contributed by atoms with Crippen LogP contribution in [0.3, 0.4) is 0 Å². The summed E-state index contributed by atoms with van der Waals surface area (Å²) in [7, 11) is 0. The minimum absolute atomic E-state index is 0.166. The van der Waals surface area contributed by atoms with Crippen molar-refractivity contribution in [2.75, 3.05) is 25.0 Å². The van der Waals surface area contributed by atoms with Gasteiger partial charge in [0.15, 0.2) is 5.82 Å². The van der Waals surface area contributed by atoms with Crippen molar-refractivity contribution in [2.24, 2.45) is 0 Å².